The van der Waals surface area contributed by atoms with Crippen molar-refractivity contribution in [2.24, 2.45) is 11.7 Å². The molecule has 0 radical (unpaired) electrons. The molecule has 1 aliphatic carbocycles. The SMILES string of the molecule is Cc1ccc(CC(=O)N2CCN(C(=O)C3CCC(N)C3)CC2)cc1.Cl. The van der Waals surface area contributed by atoms with Crippen molar-refractivity contribution < 1.29 is 9.59 Å². The monoisotopic (exact) mass is 365 g/mol. The zero-order valence-corrected chi connectivity index (χ0v) is 15.6. The van der Waals surface area contributed by atoms with Gasteiger partial charge in [0.15, 0.2) is 0 Å². The van der Waals surface area contributed by atoms with E-state index < -0.39 is 0 Å². The van der Waals surface area contributed by atoms with Gasteiger partial charge in [0.25, 0.3) is 0 Å². The van der Waals surface area contributed by atoms with Crippen molar-refractivity contribution in [2.45, 2.75) is 38.6 Å². The molecule has 1 aromatic carbocycles. The van der Waals surface area contributed by atoms with Crippen LogP contribution in [0.3, 0.4) is 0 Å². The number of aryl methyl sites for hydroxylation is 1. The Morgan fingerprint density at radius 2 is 1.64 bits per heavy atom. The van der Waals surface area contributed by atoms with Crippen LogP contribution < -0.4 is 5.73 Å². The fraction of sp³-hybridized carbons (Fsp3) is 0.579. The maximum absolute atomic E-state index is 12.5. The average Bonchev–Trinajstić information content (AvgIpc) is 3.03. The second-order valence-electron chi connectivity index (χ2n) is 7.14. The van der Waals surface area contributed by atoms with Crippen LogP contribution >= 0.6 is 12.4 Å². The highest BCUT2D eigenvalue weighted by molar-refractivity contribution is 5.85. The van der Waals surface area contributed by atoms with Crippen molar-refractivity contribution in [3.63, 3.8) is 0 Å². The normalized spacial score (nSPS) is 23.3. The van der Waals surface area contributed by atoms with E-state index in [4.69, 9.17) is 5.73 Å². The number of carbonyl (C=O) groups is 2. The Morgan fingerprint density at radius 1 is 1.04 bits per heavy atom. The molecule has 2 fully saturated rings. The lowest BCUT2D eigenvalue weighted by molar-refractivity contribution is -0.141. The van der Waals surface area contributed by atoms with Gasteiger partial charge in [0.05, 0.1) is 6.42 Å². The number of amides is 2. The van der Waals surface area contributed by atoms with Crippen molar-refractivity contribution in [2.75, 3.05) is 26.2 Å². The molecule has 5 nitrogen and oxygen atoms in total. The quantitative estimate of drug-likeness (QED) is 0.887. The maximum Gasteiger partial charge on any atom is 0.227 e. The fourth-order valence-corrected chi connectivity index (χ4v) is 3.67. The smallest absolute Gasteiger partial charge is 0.227 e. The van der Waals surface area contributed by atoms with Gasteiger partial charge < -0.3 is 15.5 Å². The molecule has 2 unspecified atom stereocenters. The summed E-state index contributed by atoms with van der Waals surface area (Å²) >= 11 is 0. The molecule has 1 heterocycles. The van der Waals surface area contributed by atoms with E-state index in [9.17, 15) is 9.59 Å². The number of piperazine rings is 1. The van der Waals surface area contributed by atoms with Crippen molar-refractivity contribution in [1.82, 2.24) is 9.80 Å². The largest absolute Gasteiger partial charge is 0.339 e. The van der Waals surface area contributed by atoms with E-state index >= 15 is 0 Å². The summed E-state index contributed by atoms with van der Waals surface area (Å²) in [4.78, 5) is 28.7. The van der Waals surface area contributed by atoms with Gasteiger partial charge in [-0.05, 0) is 31.7 Å². The van der Waals surface area contributed by atoms with Crippen LogP contribution in [0, 0.1) is 12.8 Å². The third kappa shape index (κ3) is 4.95. The standard InChI is InChI=1S/C19H27N3O2.ClH/c1-14-2-4-15(5-3-14)12-18(23)21-8-10-22(11-9-21)19(24)16-6-7-17(20)13-16;/h2-5,16-17H,6-13,20H2,1H3;1H. The molecule has 0 spiro atoms. The second kappa shape index (κ2) is 8.68. The molecule has 2 atom stereocenters. The Hall–Kier alpha value is -1.59. The predicted octanol–water partition coefficient (Wildman–Crippen LogP) is 1.76. The van der Waals surface area contributed by atoms with Crippen molar-refractivity contribution in [1.29, 1.82) is 0 Å². The number of hydrogen-bond acceptors (Lipinski definition) is 3. The van der Waals surface area contributed by atoms with Gasteiger partial charge in [0, 0.05) is 38.1 Å². The highest BCUT2D eigenvalue weighted by Crippen LogP contribution is 2.26. The van der Waals surface area contributed by atoms with Gasteiger partial charge in [-0.1, -0.05) is 29.8 Å². The first-order valence-corrected chi connectivity index (χ1v) is 8.90. The number of rotatable bonds is 3. The number of halogens is 1. The molecule has 0 aromatic heterocycles. The number of nitrogens with two attached hydrogens (primary N) is 1. The third-order valence-electron chi connectivity index (χ3n) is 5.24. The molecule has 0 bridgehead atoms. The minimum absolute atomic E-state index is 0. The average molecular weight is 366 g/mol. The Kier molecular flexibility index (Phi) is 6.85. The summed E-state index contributed by atoms with van der Waals surface area (Å²) in [6.07, 6.45) is 3.11. The number of carbonyl (C=O) groups excluding carboxylic acids is 2. The fourth-order valence-electron chi connectivity index (χ4n) is 3.67. The van der Waals surface area contributed by atoms with E-state index in [0.717, 1.165) is 24.8 Å². The molecule has 1 saturated carbocycles. The minimum atomic E-state index is 0. The van der Waals surface area contributed by atoms with Crippen LogP contribution in [0.25, 0.3) is 0 Å². The van der Waals surface area contributed by atoms with Crippen molar-refractivity contribution in [3.05, 3.63) is 35.4 Å². The molecule has 3 rings (SSSR count). The molecule has 2 N–H and O–H groups in total. The molecule has 1 aliphatic heterocycles. The van der Waals surface area contributed by atoms with Gasteiger partial charge in [-0.2, -0.15) is 0 Å². The van der Waals surface area contributed by atoms with Crippen LogP contribution in [-0.4, -0.2) is 53.8 Å². The Bertz CT molecular complexity index is 597. The Balaban J connectivity index is 0.00000225. The molecule has 1 saturated heterocycles. The highest BCUT2D eigenvalue weighted by Gasteiger charge is 2.33. The topological polar surface area (TPSA) is 66.6 Å². The van der Waals surface area contributed by atoms with Crippen LogP contribution in [0.1, 0.15) is 30.4 Å². The van der Waals surface area contributed by atoms with Gasteiger partial charge in [0.1, 0.15) is 0 Å². The summed E-state index contributed by atoms with van der Waals surface area (Å²) in [5, 5.41) is 0. The summed E-state index contributed by atoms with van der Waals surface area (Å²) < 4.78 is 0. The molecule has 1 aromatic rings. The first kappa shape index (κ1) is 19.7. The lowest BCUT2D eigenvalue weighted by Crippen LogP contribution is -2.52. The molecule has 2 aliphatic rings. The van der Waals surface area contributed by atoms with Gasteiger partial charge in [-0.3, -0.25) is 9.59 Å². The molecular weight excluding hydrogens is 338 g/mol. The molecular formula is C19H28ClN3O2. The predicted molar refractivity (Wildman–Crippen MR) is 101 cm³/mol. The molecule has 2 amide bonds. The summed E-state index contributed by atoms with van der Waals surface area (Å²) in [6, 6.07) is 8.26. The minimum Gasteiger partial charge on any atom is -0.339 e. The lowest BCUT2D eigenvalue weighted by atomic mass is 10.1. The van der Waals surface area contributed by atoms with Crippen molar-refractivity contribution >= 4 is 24.2 Å². The van der Waals surface area contributed by atoms with Gasteiger partial charge in [0.2, 0.25) is 11.8 Å². The molecule has 138 valence electrons. The molecule has 25 heavy (non-hydrogen) atoms. The highest BCUT2D eigenvalue weighted by atomic mass is 35.5. The zero-order chi connectivity index (χ0) is 17.1. The lowest BCUT2D eigenvalue weighted by Gasteiger charge is -2.36. The summed E-state index contributed by atoms with van der Waals surface area (Å²) in [7, 11) is 0. The van der Waals surface area contributed by atoms with Gasteiger partial charge in [-0.25, -0.2) is 0 Å². The second-order valence-corrected chi connectivity index (χ2v) is 7.14. The van der Waals surface area contributed by atoms with E-state index in [1.807, 2.05) is 41.0 Å². The Morgan fingerprint density at radius 3 is 2.20 bits per heavy atom. The van der Waals surface area contributed by atoms with Gasteiger partial charge in [-0.15, -0.1) is 12.4 Å². The number of benzene rings is 1. The van der Waals surface area contributed by atoms with E-state index in [-0.39, 0.29) is 36.2 Å². The maximum atomic E-state index is 12.5. The van der Waals surface area contributed by atoms with Crippen molar-refractivity contribution in [3.8, 4) is 0 Å². The van der Waals surface area contributed by atoms with Gasteiger partial charge >= 0.3 is 0 Å². The Labute approximate surface area is 155 Å². The van der Waals surface area contributed by atoms with Crippen LogP contribution in [-0.2, 0) is 16.0 Å². The summed E-state index contributed by atoms with van der Waals surface area (Å²) in [6.45, 7) is 4.60. The van der Waals surface area contributed by atoms with E-state index in [0.29, 0.717) is 32.6 Å². The number of nitrogens with zero attached hydrogens (tertiary/aromatic N) is 2. The van der Waals surface area contributed by atoms with Crippen LogP contribution in [0.2, 0.25) is 0 Å². The summed E-state index contributed by atoms with van der Waals surface area (Å²) in [5.41, 5.74) is 8.16. The zero-order valence-electron chi connectivity index (χ0n) is 14.8. The third-order valence-corrected chi connectivity index (χ3v) is 5.24. The van der Waals surface area contributed by atoms with Crippen LogP contribution in [0.15, 0.2) is 24.3 Å². The van der Waals surface area contributed by atoms with Crippen LogP contribution in [0.4, 0.5) is 0 Å². The van der Waals surface area contributed by atoms with E-state index in [1.165, 1.54) is 5.56 Å². The van der Waals surface area contributed by atoms with E-state index in [2.05, 4.69) is 0 Å². The van der Waals surface area contributed by atoms with Crippen LogP contribution in [0.5, 0.6) is 0 Å². The number of hydrogen-bond donors (Lipinski definition) is 1. The summed E-state index contributed by atoms with van der Waals surface area (Å²) in [5.74, 6) is 0.470. The first-order valence-electron chi connectivity index (χ1n) is 8.90. The molecule has 6 heteroatoms. The van der Waals surface area contributed by atoms with E-state index in [1.54, 1.807) is 0 Å². The first-order chi connectivity index (χ1) is 11.5.